The van der Waals surface area contributed by atoms with E-state index in [0.29, 0.717) is 0 Å². The van der Waals surface area contributed by atoms with Crippen LogP contribution in [0.4, 0.5) is 9.18 Å². The molecule has 8 heteroatoms. The minimum Gasteiger partial charge on any atom is -0.330 e. The molecule has 96 valence electrons. The zero-order chi connectivity index (χ0) is 13.3. The molecule has 0 aliphatic heterocycles. The van der Waals surface area contributed by atoms with Crippen molar-refractivity contribution < 1.29 is 14.0 Å². The maximum atomic E-state index is 12.4. The Morgan fingerprint density at radius 3 is 2.71 bits per heavy atom. The van der Waals surface area contributed by atoms with Gasteiger partial charge in [0, 0.05) is 12.6 Å². The van der Waals surface area contributed by atoms with Crippen molar-refractivity contribution >= 4 is 18.2 Å². The van der Waals surface area contributed by atoms with Crippen molar-refractivity contribution in [3.8, 4) is 0 Å². The van der Waals surface area contributed by atoms with Gasteiger partial charge in [-0.25, -0.2) is 10.6 Å². The van der Waals surface area contributed by atoms with Gasteiger partial charge in [0.1, 0.15) is 0 Å². The van der Waals surface area contributed by atoms with Crippen LogP contribution in [0.3, 0.4) is 0 Å². The molecule has 0 aromatic carbocycles. The number of amides is 3. The zero-order valence-corrected chi connectivity index (χ0v) is 9.66. The fraction of sp³-hybridized carbons (Fsp3) is 0.444. The van der Waals surface area contributed by atoms with E-state index in [-0.39, 0.29) is 12.3 Å². The molecule has 3 amide bonds. The third kappa shape index (κ3) is 7.91. The highest BCUT2D eigenvalue weighted by Crippen LogP contribution is 1.87. The first kappa shape index (κ1) is 15.0. The Labute approximate surface area is 98.3 Å². The SMILES string of the molecule is CCC(=O)NC(=O)NC(C)C=N/C=C(/F)NN. The molecule has 1 unspecified atom stereocenters. The molecule has 0 saturated carbocycles. The number of carbonyl (C=O) groups excluding carboxylic acids is 2. The Morgan fingerprint density at radius 2 is 2.18 bits per heavy atom. The lowest BCUT2D eigenvalue weighted by Crippen LogP contribution is -2.43. The van der Waals surface area contributed by atoms with Crippen molar-refractivity contribution in [3.63, 3.8) is 0 Å². The monoisotopic (exact) mass is 245 g/mol. The molecule has 0 saturated heterocycles. The smallest absolute Gasteiger partial charge is 0.321 e. The third-order valence-electron chi connectivity index (χ3n) is 1.57. The molecule has 0 aliphatic carbocycles. The Morgan fingerprint density at radius 1 is 1.53 bits per heavy atom. The largest absolute Gasteiger partial charge is 0.330 e. The summed E-state index contributed by atoms with van der Waals surface area (Å²) in [6, 6.07) is -1.08. The molecule has 0 radical (unpaired) electrons. The molecule has 0 aliphatic rings. The van der Waals surface area contributed by atoms with Crippen molar-refractivity contribution in [1.29, 1.82) is 0 Å². The van der Waals surface area contributed by atoms with Crippen molar-refractivity contribution in [2.24, 2.45) is 10.8 Å². The summed E-state index contributed by atoms with van der Waals surface area (Å²) < 4.78 is 12.4. The highest BCUT2D eigenvalue weighted by molar-refractivity contribution is 5.95. The molecular weight excluding hydrogens is 229 g/mol. The second-order valence-corrected chi connectivity index (χ2v) is 3.08. The number of hydrogen-bond donors (Lipinski definition) is 4. The Hall–Kier alpha value is -1.96. The van der Waals surface area contributed by atoms with Gasteiger partial charge in [0.2, 0.25) is 11.9 Å². The number of rotatable bonds is 5. The molecule has 0 heterocycles. The maximum absolute atomic E-state index is 12.4. The van der Waals surface area contributed by atoms with E-state index in [4.69, 9.17) is 5.84 Å². The normalized spacial score (nSPS) is 13.3. The van der Waals surface area contributed by atoms with Crippen LogP contribution in [0, 0.1) is 0 Å². The molecule has 0 bridgehead atoms. The minimum atomic E-state index is -0.806. The molecule has 0 aromatic rings. The van der Waals surface area contributed by atoms with Gasteiger partial charge in [0.15, 0.2) is 0 Å². The first-order chi connectivity index (χ1) is 7.99. The number of nitrogens with zero attached hydrogens (tertiary/aromatic N) is 1. The molecule has 0 spiro atoms. The van der Waals surface area contributed by atoms with Crippen molar-refractivity contribution in [3.05, 3.63) is 12.2 Å². The van der Waals surface area contributed by atoms with Crippen molar-refractivity contribution in [2.75, 3.05) is 0 Å². The molecule has 7 nitrogen and oxygen atoms in total. The van der Waals surface area contributed by atoms with E-state index in [1.54, 1.807) is 19.3 Å². The summed E-state index contributed by atoms with van der Waals surface area (Å²) in [4.78, 5) is 25.6. The Balaban J connectivity index is 4.05. The van der Waals surface area contributed by atoms with Gasteiger partial charge in [0.25, 0.3) is 0 Å². The van der Waals surface area contributed by atoms with E-state index in [2.05, 4.69) is 15.6 Å². The fourth-order valence-electron chi connectivity index (χ4n) is 0.770. The summed E-state index contributed by atoms with van der Waals surface area (Å²) >= 11 is 0. The zero-order valence-electron chi connectivity index (χ0n) is 9.66. The van der Waals surface area contributed by atoms with Crippen LogP contribution in [0.25, 0.3) is 0 Å². The lowest BCUT2D eigenvalue weighted by molar-refractivity contribution is -0.119. The molecule has 17 heavy (non-hydrogen) atoms. The lowest BCUT2D eigenvalue weighted by atomic mass is 10.4. The molecule has 0 rings (SSSR count). The van der Waals surface area contributed by atoms with Gasteiger partial charge in [-0.3, -0.25) is 20.5 Å². The van der Waals surface area contributed by atoms with Crippen LogP contribution in [0.5, 0.6) is 0 Å². The summed E-state index contributed by atoms with van der Waals surface area (Å²) in [6.45, 7) is 3.24. The highest BCUT2D eigenvalue weighted by Gasteiger charge is 2.07. The van der Waals surface area contributed by atoms with Crippen LogP contribution in [-0.4, -0.2) is 24.2 Å². The number of hydrazine groups is 1. The lowest BCUT2D eigenvalue weighted by Gasteiger charge is -2.08. The number of carbonyl (C=O) groups is 2. The second-order valence-electron chi connectivity index (χ2n) is 3.08. The average Bonchev–Trinajstić information content (AvgIpc) is 2.28. The van der Waals surface area contributed by atoms with Crippen molar-refractivity contribution in [1.82, 2.24) is 16.1 Å². The van der Waals surface area contributed by atoms with Gasteiger partial charge >= 0.3 is 6.03 Å². The van der Waals surface area contributed by atoms with E-state index in [1.807, 2.05) is 0 Å². The summed E-state index contributed by atoms with van der Waals surface area (Å²) in [5.74, 6) is 3.56. The number of imide groups is 1. The number of urea groups is 1. The van der Waals surface area contributed by atoms with E-state index in [0.717, 1.165) is 6.20 Å². The van der Waals surface area contributed by atoms with Gasteiger partial charge in [-0.05, 0) is 6.92 Å². The molecule has 0 aromatic heterocycles. The quantitative estimate of drug-likeness (QED) is 0.235. The standard InChI is InChI=1S/C9H16FN5O2/c1-3-8(16)14-9(17)13-6(2)4-12-5-7(10)15-11/h4-6,15H,3,11H2,1-2H3,(H2,13,14,16,17)/b7-5-,12-4?. The van der Waals surface area contributed by atoms with Crippen LogP contribution in [0.15, 0.2) is 17.1 Å². The Kier molecular flexibility index (Phi) is 7.27. The summed E-state index contributed by atoms with van der Waals surface area (Å²) in [5, 5.41) is 4.51. The van der Waals surface area contributed by atoms with Crippen LogP contribution in [0.1, 0.15) is 20.3 Å². The number of hydrogen-bond acceptors (Lipinski definition) is 5. The summed E-state index contributed by atoms with van der Waals surface area (Å²) in [5.41, 5.74) is 1.75. The van der Waals surface area contributed by atoms with Crippen LogP contribution < -0.4 is 21.9 Å². The summed E-state index contributed by atoms with van der Waals surface area (Å²) in [6.07, 6.45) is 2.35. The number of aliphatic imine (C=N–C) groups is 1. The van der Waals surface area contributed by atoms with E-state index in [9.17, 15) is 14.0 Å². The maximum Gasteiger partial charge on any atom is 0.321 e. The highest BCUT2D eigenvalue weighted by atomic mass is 19.1. The molecular formula is C9H16FN5O2. The predicted molar refractivity (Wildman–Crippen MR) is 61.4 cm³/mol. The predicted octanol–water partition coefficient (Wildman–Crippen LogP) is -0.0868. The number of nitrogens with one attached hydrogen (secondary N) is 3. The van der Waals surface area contributed by atoms with E-state index < -0.39 is 18.0 Å². The fourth-order valence-corrected chi connectivity index (χ4v) is 0.770. The average molecular weight is 245 g/mol. The van der Waals surface area contributed by atoms with Crippen molar-refractivity contribution in [2.45, 2.75) is 26.3 Å². The third-order valence-corrected chi connectivity index (χ3v) is 1.57. The minimum absolute atomic E-state index is 0.214. The first-order valence-electron chi connectivity index (χ1n) is 4.95. The van der Waals surface area contributed by atoms with Crippen LogP contribution in [-0.2, 0) is 4.79 Å². The van der Waals surface area contributed by atoms with Crippen LogP contribution >= 0.6 is 0 Å². The topological polar surface area (TPSA) is 109 Å². The number of nitrogens with two attached hydrogens (primary N) is 1. The molecule has 0 fully saturated rings. The van der Waals surface area contributed by atoms with Gasteiger partial charge in [0.05, 0.1) is 12.2 Å². The Bertz CT molecular complexity index is 329. The van der Waals surface area contributed by atoms with E-state index >= 15 is 0 Å². The number of halogens is 1. The first-order valence-corrected chi connectivity index (χ1v) is 4.95. The van der Waals surface area contributed by atoms with Gasteiger partial charge in [-0.15, -0.1) is 0 Å². The van der Waals surface area contributed by atoms with Crippen LogP contribution in [0.2, 0.25) is 0 Å². The van der Waals surface area contributed by atoms with Gasteiger partial charge in [-0.1, -0.05) is 6.92 Å². The van der Waals surface area contributed by atoms with Gasteiger partial charge in [-0.2, -0.15) is 4.39 Å². The molecule has 1 atom stereocenters. The summed E-state index contributed by atoms with van der Waals surface area (Å²) in [7, 11) is 0. The van der Waals surface area contributed by atoms with E-state index in [1.165, 1.54) is 6.21 Å². The second kappa shape index (κ2) is 8.22. The molecule has 5 N–H and O–H groups in total. The van der Waals surface area contributed by atoms with Gasteiger partial charge < -0.3 is 5.32 Å².